The number of nitrogens with zero attached hydrogens (tertiary/aromatic N) is 3. The molecule has 106 valence electrons. The molecule has 0 atom stereocenters. The van der Waals surface area contributed by atoms with Crippen molar-refractivity contribution in [2.24, 2.45) is 0 Å². The SMILES string of the molecule is CCCc1c(C(=O)O)nnn1CCCc1ccccc1. The van der Waals surface area contributed by atoms with Crippen molar-refractivity contribution < 1.29 is 9.90 Å². The third-order valence-corrected chi connectivity index (χ3v) is 3.21. The molecule has 0 aliphatic carbocycles. The summed E-state index contributed by atoms with van der Waals surface area (Å²) in [7, 11) is 0. The summed E-state index contributed by atoms with van der Waals surface area (Å²) in [6, 6.07) is 10.2. The molecule has 0 amide bonds. The lowest BCUT2D eigenvalue weighted by molar-refractivity contribution is 0.0689. The second kappa shape index (κ2) is 6.84. The zero-order valence-corrected chi connectivity index (χ0v) is 11.6. The maximum atomic E-state index is 11.1. The summed E-state index contributed by atoms with van der Waals surface area (Å²) in [4.78, 5) is 11.1. The summed E-state index contributed by atoms with van der Waals surface area (Å²) >= 11 is 0. The lowest BCUT2D eigenvalue weighted by Crippen LogP contribution is -2.09. The molecule has 0 radical (unpaired) electrons. The van der Waals surface area contributed by atoms with Crippen LogP contribution in [0, 0.1) is 0 Å². The predicted molar refractivity (Wildman–Crippen MR) is 75.7 cm³/mol. The van der Waals surface area contributed by atoms with E-state index in [0.717, 1.165) is 25.0 Å². The normalized spacial score (nSPS) is 10.7. The molecule has 5 heteroatoms. The molecule has 0 spiro atoms. The van der Waals surface area contributed by atoms with Gasteiger partial charge in [0, 0.05) is 6.54 Å². The molecule has 5 nitrogen and oxygen atoms in total. The highest BCUT2D eigenvalue weighted by Crippen LogP contribution is 2.10. The van der Waals surface area contributed by atoms with Gasteiger partial charge < -0.3 is 5.11 Å². The number of benzene rings is 1. The molecule has 20 heavy (non-hydrogen) atoms. The second-order valence-electron chi connectivity index (χ2n) is 4.75. The standard InChI is InChI=1S/C15H19N3O2/c1-2-7-13-14(15(19)20)16-17-18(13)11-6-10-12-8-4-3-5-9-12/h3-5,8-9H,2,6-7,10-11H2,1H3,(H,19,20). The molecular formula is C15H19N3O2. The lowest BCUT2D eigenvalue weighted by atomic mass is 10.1. The van der Waals surface area contributed by atoms with Crippen molar-refractivity contribution in [2.75, 3.05) is 0 Å². The topological polar surface area (TPSA) is 68.0 Å². The van der Waals surface area contributed by atoms with Crippen LogP contribution in [0.3, 0.4) is 0 Å². The zero-order chi connectivity index (χ0) is 14.4. The summed E-state index contributed by atoms with van der Waals surface area (Å²) in [5.74, 6) is -0.997. The van der Waals surface area contributed by atoms with Gasteiger partial charge in [-0.2, -0.15) is 0 Å². The Morgan fingerprint density at radius 3 is 2.65 bits per heavy atom. The van der Waals surface area contributed by atoms with Gasteiger partial charge in [-0.15, -0.1) is 5.10 Å². The summed E-state index contributed by atoms with van der Waals surface area (Å²) in [6.07, 6.45) is 3.45. The minimum Gasteiger partial charge on any atom is -0.476 e. The molecular weight excluding hydrogens is 254 g/mol. The van der Waals surface area contributed by atoms with Gasteiger partial charge in [0.2, 0.25) is 0 Å². The Labute approximate surface area is 118 Å². The highest BCUT2D eigenvalue weighted by molar-refractivity contribution is 5.86. The van der Waals surface area contributed by atoms with E-state index in [1.807, 2.05) is 25.1 Å². The Hall–Kier alpha value is -2.17. The van der Waals surface area contributed by atoms with Crippen molar-refractivity contribution >= 4 is 5.97 Å². The smallest absolute Gasteiger partial charge is 0.358 e. The van der Waals surface area contributed by atoms with Crippen LogP contribution in [-0.2, 0) is 19.4 Å². The third kappa shape index (κ3) is 3.44. The number of hydrogen-bond donors (Lipinski definition) is 1. The molecule has 0 fully saturated rings. The van der Waals surface area contributed by atoms with Crippen LogP contribution in [0.2, 0.25) is 0 Å². The second-order valence-corrected chi connectivity index (χ2v) is 4.75. The molecule has 0 saturated carbocycles. The van der Waals surface area contributed by atoms with Gasteiger partial charge in [0.15, 0.2) is 5.69 Å². The van der Waals surface area contributed by atoms with E-state index in [9.17, 15) is 4.79 Å². The molecule has 0 saturated heterocycles. The fraction of sp³-hybridized carbons (Fsp3) is 0.400. The first-order chi connectivity index (χ1) is 9.72. The number of carboxylic acid groups (broad SMARTS) is 1. The van der Waals surface area contributed by atoms with Gasteiger partial charge in [-0.1, -0.05) is 48.9 Å². The Morgan fingerprint density at radius 1 is 1.25 bits per heavy atom. The first-order valence-electron chi connectivity index (χ1n) is 6.92. The Kier molecular flexibility index (Phi) is 4.87. The molecule has 0 aliphatic heterocycles. The van der Waals surface area contributed by atoms with Gasteiger partial charge >= 0.3 is 5.97 Å². The van der Waals surface area contributed by atoms with Gasteiger partial charge in [0.1, 0.15) is 0 Å². The van der Waals surface area contributed by atoms with E-state index in [1.54, 1.807) is 4.68 Å². The van der Waals surface area contributed by atoms with E-state index in [-0.39, 0.29) is 5.69 Å². The molecule has 1 aromatic carbocycles. The fourth-order valence-electron chi connectivity index (χ4n) is 2.24. The Bertz CT molecular complexity index is 564. The van der Waals surface area contributed by atoms with Crippen LogP contribution < -0.4 is 0 Å². The molecule has 1 N–H and O–H groups in total. The highest BCUT2D eigenvalue weighted by atomic mass is 16.4. The minimum atomic E-state index is -0.997. The van der Waals surface area contributed by atoms with Crippen LogP contribution in [0.5, 0.6) is 0 Å². The number of carboxylic acids is 1. The van der Waals surface area contributed by atoms with E-state index >= 15 is 0 Å². The van der Waals surface area contributed by atoms with Crippen molar-refractivity contribution in [3.05, 3.63) is 47.3 Å². The number of aromatic nitrogens is 3. The first-order valence-corrected chi connectivity index (χ1v) is 6.92. The average Bonchev–Trinajstić information content (AvgIpc) is 2.84. The van der Waals surface area contributed by atoms with E-state index in [2.05, 4.69) is 22.4 Å². The molecule has 1 aromatic heterocycles. The van der Waals surface area contributed by atoms with Crippen LogP contribution in [0.1, 0.15) is 41.5 Å². The van der Waals surface area contributed by atoms with Crippen LogP contribution in [0.4, 0.5) is 0 Å². The molecule has 0 bridgehead atoms. The number of rotatable bonds is 7. The van der Waals surface area contributed by atoms with Gasteiger partial charge in [0.25, 0.3) is 0 Å². The number of hydrogen-bond acceptors (Lipinski definition) is 3. The largest absolute Gasteiger partial charge is 0.476 e. The van der Waals surface area contributed by atoms with Gasteiger partial charge in [-0.3, -0.25) is 0 Å². The molecule has 2 aromatic rings. The summed E-state index contributed by atoms with van der Waals surface area (Å²) in [5.41, 5.74) is 2.10. The Morgan fingerprint density at radius 2 is 2.00 bits per heavy atom. The fourth-order valence-corrected chi connectivity index (χ4v) is 2.24. The van der Waals surface area contributed by atoms with E-state index < -0.39 is 5.97 Å². The van der Waals surface area contributed by atoms with Crippen molar-refractivity contribution in [2.45, 2.75) is 39.2 Å². The monoisotopic (exact) mass is 273 g/mol. The maximum absolute atomic E-state index is 11.1. The van der Waals surface area contributed by atoms with Crippen LogP contribution >= 0.6 is 0 Å². The van der Waals surface area contributed by atoms with Crippen LogP contribution in [0.15, 0.2) is 30.3 Å². The van der Waals surface area contributed by atoms with Gasteiger partial charge in [0.05, 0.1) is 5.69 Å². The quantitative estimate of drug-likeness (QED) is 0.841. The van der Waals surface area contributed by atoms with Crippen LogP contribution in [-0.4, -0.2) is 26.1 Å². The third-order valence-electron chi connectivity index (χ3n) is 3.21. The first kappa shape index (κ1) is 14.2. The summed E-state index contributed by atoms with van der Waals surface area (Å²) in [5, 5.41) is 16.8. The van der Waals surface area contributed by atoms with Crippen LogP contribution in [0.25, 0.3) is 0 Å². The molecule has 0 aliphatic rings. The lowest BCUT2D eigenvalue weighted by Gasteiger charge is -2.06. The van der Waals surface area contributed by atoms with Crippen molar-refractivity contribution in [1.29, 1.82) is 0 Å². The van der Waals surface area contributed by atoms with Crippen molar-refractivity contribution in [3.63, 3.8) is 0 Å². The summed E-state index contributed by atoms with van der Waals surface area (Å²) < 4.78 is 1.73. The number of aryl methyl sites for hydroxylation is 2. The molecule has 2 rings (SSSR count). The van der Waals surface area contributed by atoms with E-state index in [4.69, 9.17) is 5.11 Å². The average molecular weight is 273 g/mol. The van der Waals surface area contributed by atoms with Crippen molar-refractivity contribution in [3.8, 4) is 0 Å². The zero-order valence-electron chi connectivity index (χ0n) is 11.6. The summed E-state index contributed by atoms with van der Waals surface area (Å²) in [6.45, 7) is 2.72. The van der Waals surface area contributed by atoms with E-state index in [0.29, 0.717) is 13.0 Å². The number of aromatic carboxylic acids is 1. The predicted octanol–water partition coefficient (Wildman–Crippen LogP) is 2.56. The minimum absolute atomic E-state index is 0.0894. The molecule has 0 unspecified atom stereocenters. The number of carbonyl (C=O) groups is 1. The maximum Gasteiger partial charge on any atom is 0.358 e. The molecule has 1 heterocycles. The Balaban J connectivity index is 2.00. The van der Waals surface area contributed by atoms with Gasteiger partial charge in [-0.05, 0) is 24.8 Å². The van der Waals surface area contributed by atoms with Crippen molar-refractivity contribution in [1.82, 2.24) is 15.0 Å². The van der Waals surface area contributed by atoms with E-state index in [1.165, 1.54) is 5.56 Å². The van der Waals surface area contributed by atoms with Gasteiger partial charge in [-0.25, -0.2) is 9.48 Å². The highest BCUT2D eigenvalue weighted by Gasteiger charge is 2.17.